The summed E-state index contributed by atoms with van der Waals surface area (Å²) in [5.74, 6) is 1.12. The summed E-state index contributed by atoms with van der Waals surface area (Å²) in [6, 6.07) is 4.97. The maximum atomic E-state index is 11.9. The molecule has 0 saturated heterocycles. The number of amides is 1. The van der Waals surface area contributed by atoms with Gasteiger partial charge in [-0.15, -0.1) is 0 Å². The Hall–Kier alpha value is -2.04. The Balaban J connectivity index is 2.86. The van der Waals surface area contributed by atoms with Crippen molar-refractivity contribution in [2.75, 3.05) is 14.2 Å². The summed E-state index contributed by atoms with van der Waals surface area (Å²) in [5.41, 5.74) is 3.86. The molecule has 0 radical (unpaired) electrons. The summed E-state index contributed by atoms with van der Waals surface area (Å²) in [5, 5.41) is 4.04. The molecule has 1 rings (SSSR count). The van der Waals surface area contributed by atoms with Crippen molar-refractivity contribution >= 4 is 11.6 Å². The van der Waals surface area contributed by atoms with Crippen LogP contribution in [0.25, 0.3) is 0 Å². The predicted molar refractivity (Wildman–Crippen MR) is 75.0 cm³/mol. The molecule has 1 aromatic carbocycles. The molecular formula is C14H20N2O3. The second kappa shape index (κ2) is 6.78. The second-order valence-corrected chi connectivity index (χ2v) is 4.42. The largest absolute Gasteiger partial charge is 0.493 e. The maximum absolute atomic E-state index is 11.9. The van der Waals surface area contributed by atoms with Crippen molar-refractivity contribution in [3.8, 4) is 11.5 Å². The SMILES string of the molecule is COc1ccc(C(=O)N/N=C(\C)C(C)C)cc1OC. The third-order valence-electron chi connectivity index (χ3n) is 2.82. The molecule has 0 fully saturated rings. The fourth-order valence-electron chi connectivity index (χ4n) is 1.31. The molecular weight excluding hydrogens is 244 g/mol. The van der Waals surface area contributed by atoms with Gasteiger partial charge in [0.25, 0.3) is 5.91 Å². The van der Waals surface area contributed by atoms with Crippen molar-refractivity contribution in [3.05, 3.63) is 23.8 Å². The van der Waals surface area contributed by atoms with Crippen molar-refractivity contribution < 1.29 is 14.3 Å². The molecule has 0 unspecified atom stereocenters. The Morgan fingerprint density at radius 3 is 2.37 bits per heavy atom. The van der Waals surface area contributed by atoms with Crippen LogP contribution in [0.2, 0.25) is 0 Å². The molecule has 0 aliphatic carbocycles. The van der Waals surface area contributed by atoms with Crippen molar-refractivity contribution in [1.82, 2.24) is 5.43 Å². The van der Waals surface area contributed by atoms with E-state index in [2.05, 4.69) is 10.5 Å². The van der Waals surface area contributed by atoms with Gasteiger partial charge in [0, 0.05) is 11.3 Å². The number of hydrazone groups is 1. The molecule has 1 aromatic rings. The minimum Gasteiger partial charge on any atom is -0.493 e. The molecule has 0 heterocycles. The first-order valence-electron chi connectivity index (χ1n) is 6.06. The summed E-state index contributed by atoms with van der Waals surface area (Å²) < 4.78 is 10.3. The minimum atomic E-state index is -0.277. The fourth-order valence-corrected chi connectivity index (χ4v) is 1.31. The van der Waals surface area contributed by atoms with Gasteiger partial charge in [0.2, 0.25) is 0 Å². The molecule has 0 bridgehead atoms. The molecule has 0 atom stereocenters. The van der Waals surface area contributed by atoms with E-state index in [0.29, 0.717) is 23.0 Å². The second-order valence-electron chi connectivity index (χ2n) is 4.42. The van der Waals surface area contributed by atoms with Gasteiger partial charge < -0.3 is 9.47 Å². The zero-order chi connectivity index (χ0) is 14.4. The number of hydrogen-bond donors (Lipinski definition) is 1. The normalized spacial score (nSPS) is 11.4. The monoisotopic (exact) mass is 264 g/mol. The van der Waals surface area contributed by atoms with Crippen LogP contribution in [0.3, 0.4) is 0 Å². The molecule has 5 nitrogen and oxygen atoms in total. The predicted octanol–water partition coefficient (Wildman–Crippen LogP) is 2.47. The van der Waals surface area contributed by atoms with E-state index in [4.69, 9.17) is 9.47 Å². The third-order valence-corrected chi connectivity index (χ3v) is 2.82. The van der Waals surface area contributed by atoms with Crippen molar-refractivity contribution in [1.29, 1.82) is 0 Å². The van der Waals surface area contributed by atoms with Crippen LogP contribution in [-0.2, 0) is 0 Å². The number of carbonyl (C=O) groups excluding carboxylic acids is 1. The number of nitrogens with zero attached hydrogens (tertiary/aromatic N) is 1. The lowest BCUT2D eigenvalue weighted by Crippen LogP contribution is -2.20. The van der Waals surface area contributed by atoms with Gasteiger partial charge in [0.05, 0.1) is 14.2 Å². The summed E-state index contributed by atoms with van der Waals surface area (Å²) in [6.45, 7) is 5.91. The zero-order valence-electron chi connectivity index (χ0n) is 12.0. The van der Waals surface area contributed by atoms with E-state index in [1.165, 1.54) is 7.11 Å². The summed E-state index contributed by atoms with van der Waals surface area (Å²) in [7, 11) is 3.08. The topological polar surface area (TPSA) is 59.9 Å². The maximum Gasteiger partial charge on any atom is 0.271 e. The molecule has 5 heteroatoms. The smallest absolute Gasteiger partial charge is 0.271 e. The van der Waals surface area contributed by atoms with Gasteiger partial charge in [-0.05, 0) is 31.0 Å². The molecule has 0 aliphatic heterocycles. The van der Waals surface area contributed by atoms with Gasteiger partial charge in [-0.3, -0.25) is 4.79 Å². The van der Waals surface area contributed by atoms with Crippen LogP contribution in [0.5, 0.6) is 11.5 Å². The van der Waals surface area contributed by atoms with E-state index in [-0.39, 0.29) is 5.91 Å². The highest BCUT2D eigenvalue weighted by atomic mass is 16.5. The number of benzene rings is 1. The number of nitrogens with one attached hydrogen (secondary N) is 1. The first kappa shape index (κ1) is 15.0. The van der Waals surface area contributed by atoms with Crippen LogP contribution in [0.15, 0.2) is 23.3 Å². The van der Waals surface area contributed by atoms with Gasteiger partial charge in [-0.25, -0.2) is 5.43 Å². The first-order chi connectivity index (χ1) is 8.99. The minimum absolute atomic E-state index is 0.277. The molecule has 0 aliphatic rings. The third kappa shape index (κ3) is 3.98. The average molecular weight is 264 g/mol. The standard InChI is InChI=1S/C14H20N2O3/c1-9(2)10(3)15-16-14(17)11-6-7-12(18-4)13(8-11)19-5/h6-9H,1-5H3,(H,16,17)/b15-10+. The highest BCUT2D eigenvalue weighted by Gasteiger charge is 2.10. The summed E-state index contributed by atoms with van der Waals surface area (Å²) >= 11 is 0. The molecule has 1 amide bonds. The molecule has 0 saturated carbocycles. The van der Waals surface area contributed by atoms with Gasteiger partial charge in [-0.1, -0.05) is 13.8 Å². The van der Waals surface area contributed by atoms with Crippen LogP contribution in [0, 0.1) is 5.92 Å². The van der Waals surface area contributed by atoms with E-state index in [1.807, 2.05) is 20.8 Å². The van der Waals surface area contributed by atoms with Crippen molar-refractivity contribution in [2.45, 2.75) is 20.8 Å². The Kier molecular flexibility index (Phi) is 5.36. The van der Waals surface area contributed by atoms with Gasteiger partial charge in [0.1, 0.15) is 0 Å². The summed E-state index contributed by atoms with van der Waals surface area (Å²) in [6.07, 6.45) is 0. The molecule has 1 N–H and O–H groups in total. The van der Waals surface area contributed by atoms with E-state index in [1.54, 1.807) is 25.3 Å². The molecule has 104 valence electrons. The van der Waals surface area contributed by atoms with Crippen LogP contribution < -0.4 is 14.9 Å². The zero-order valence-corrected chi connectivity index (χ0v) is 12.0. The Morgan fingerprint density at radius 1 is 1.21 bits per heavy atom. The quantitative estimate of drug-likeness (QED) is 0.656. The van der Waals surface area contributed by atoms with E-state index in [0.717, 1.165) is 5.71 Å². The number of methoxy groups -OCH3 is 2. The highest BCUT2D eigenvalue weighted by molar-refractivity contribution is 5.96. The van der Waals surface area contributed by atoms with Crippen molar-refractivity contribution in [3.63, 3.8) is 0 Å². The van der Waals surface area contributed by atoms with Crippen LogP contribution in [-0.4, -0.2) is 25.8 Å². The lowest BCUT2D eigenvalue weighted by atomic mass is 10.1. The molecule has 0 spiro atoms. The first-order valence-corrected chi connectivity index (χ1v) is 6.06. The number of carbonyl (C=O) groups is 1. The number of hydrogen-bond acceptors (Lipinski definition) is 4. The molecule has 19 heavy (non-hydrogen) atoms. The van der Waals surface area contributed by atoms with E-state index < -0.39 is 0 Å². The Morgan fingerprint density at radius 2 is 1.84 bits per heavy atom. The lowest BCUT2D eigenvalue weighted by molar-refractivity contribution is 0.0954. The Bertz CT molecular complexity index is 482. The Labute approximate surface area is 113 Å². The summed E-state index contributed by atoms with van der Waals surface area (Å²) in [4.78, 5) is 11.9. The highest BCUT2D eigenvalue weighted by Crippen LogP contribution is 2.27. The van der Waals surface area contributed by atoms with Crippen LogP contribution in [0.1, 0.15) is 31.1 Å². The van der Waals surface area contributed by atoms with E-state index in [9.17, 15) is 4.79 Å². The van der Waals surface area contributed by atoms with Gasteiger partial charge >= 0.3 is 0 Å². The number of rotatable bonds is 5. The number of ether oxygens (including phenoxy) is 2. The van der Waals surface area contributed by atoms with Crippen molar-refractivity contribution in [2.24, 2.45) is 11.0 Å². The fraction of sp³-hybridized carbons (Fsp3) is 0.429. The molecule has 0 aromatic heterocycles. The van der Waals surface area contributed by atoms with Gasteiger partial charge in [0.15, 0.2) is 11.5 Å². The van der Waals surface area contributed by atoms with Crippen LogP contribution in [0.4, 0.5) is 0 Å². The average Bonchev–Trinajstić information content (AvgIpc) is 2.43. The van der Waals surface area contributed by atoms with Gasteiger partial charge in [-0.2, -0.15) is 5.10 Å². The lowest BCUT2D eigenvalue weighted by Gasteiger charge is -2.09. The van der Waals surface area contributed by atoms with Crippen LogP contribution >= 0.6 is 0 Å². The van der Waals surface area contributed by atoms with E-state index >= 15 is 0 Å².